The predicted molar refractivity (Wildman–Crippen MR) is 101 cm³/mol. The monoisotopic (exact) mass is 347 g/mol. The number of rotatable bonds is 5. The van der Waals surface area contributed by atoms with Gasteiger partial charge in [-0.25, -0.2) is 0 Å². The summed E-state index contributed by atoms with van der Waals surface area (Å²) in [6.07, 6.45) is 5.26. The number of guanidine groups is 1. The molecule has 3 aliphatic rings. The lowest BCUT2D eigenvalue weighted by Crippen LogP contribution is -2.47. The van der Waals surface area contributed by atoms with Crippen molar-refractivity contribution in [3.8, 4) is 0 Å². The highest BCUT2D eigenvalue weighted by atomic mass is 32.1. The van der Waals surface area contributed by atoms with Gasteiger partial charge in [-0.2, -0.15) is 0 Å². The van der Waals surface area contributed by atoms with Crippen LogP contribution in [0.1, 0.15) is 29.7 Å². The lowest BCUT2D eigenvalue weighted by molar-refractivity contribution is 0.260. The number of hydrogen-bond donors (Lipinski definition) is 2. The minimum absolute atomic E-state index is 0.556. The number of hydrogen-bond acceptors (Lipinski definition) is 4. The van der Waals surface area contributed by atoms with Crippen LogP contribution in [0, 0.1) is 0 Å². The van der Waals surface area contributed by atoms with Gasteiger partial charge in [-0.3, -0.25) is 14.8 Å². The van der Waals surface area contributed by atoms with Crippen molar-refractivity contribution in [2.24, 2.45) is 4.99 Å². The molecular formula is C18H29N5S. The third-order valence-corrected chi connectivity index (χ3v) is 6.48. The molecule has 2 N–H and O–H groups in total. The highest BCUT2D eigenvalue weighted by Gasteiger charge is 2.34. The van der Waals surface area contributed by atoms with Gasteiger partial charge in [0.2, 0.25) is 0 Å². The summed E-state index contributed by atoms with van der Waals surface area (Å²) < 4.78 is 0. The average molecular weight is 348 g/mol. The van der Waals surface area contributed by atoms with E-state index in [2.05, 4.69) is 36.9 Å². The molecule has 132 valence electrons. The number of fused-ring (bicyclic) bond motifs is 1. The molecule has 5 nitrogen and oxygen atoms in total. The smallest absolute Gasteiger partial charge is 0.191 e. The molecular weight excluding hydrogens is 318 g/mol. The maximum atomic E-state index is 4.41. The van der Waals surface area contributed by atoms with Gasteiger partial charge in [0.1, 0.15) is 0 Å². The van der Waals surface area contributed by atoms with E-state index < -0.39 is 0 Å². The first kappa shape index (κ1) is 16.4. The SMILES string of the molecule is CN=C(NCCN1CCc2sccc2C1)NC1CCN(C2CC2)C1. The van der Waals surface area contributed by atoms with Crippen molar-refractivity contribution in [2.75, 3.05) is 39.8 Å². The predicted octanol–water partition coefficient (Wildman–Crippen LogP) is 1.51. The minimum atomic E-state index is 0.556. The molecule has 2 aliphatic heterocycles. The summed E-state index contributed by atoms with van der Waals surface area (Å²) in [6, 6.07) is 3.72. The fraction of sp³-hybridized carbons (Fsp3) is 0.722. The Balaban J connectivity index is 1.18. The molecule has 1 saturated heterocycles. The quantitative estimate of drug-likeness (QED) is 0.626. The molecule has 2 fully saturated rings. The highest BCUT2D eigenvalue weighted by molar-refractivity contribution is 7.10. The molecule has 0 aromatic carbocycles. The van der Waals surface area contributed by atoms with Gasteiger partial charge < -0.3 is 10.6 Å². The molecule has 1 unspecified atom stereocenters. The van der Waals surface area contributed by atoms with E-state index in [1.807, 2.05) is 18.4 Å². The Labute approximate surface area is 149 Å². The van der Waals surface area contributed by atoms with Gasteiger partial charge in [0.25, 0.3) is 0 Å². The van der Waals surface area contributed by atoms with Crippen molar-refractivity contribution in [1.82, 2.24) is 20.4 Å². The van der Waals surface area contributed by atoms with E-state index >= 15 is 0 Å². The molecule has 1 atom stereocenters. The Morgan fingerprint density at radius 2 is 2.25 bits per heavy atom. The summed E-state index contributed by atoms with van der Waals surface area (Å²) in [4.78, 5) is 11.2. The van der Waals surface area contributed by atoms with Gasteiger partial charge in [0.05, 0.1) is 0 Å². The molecule has 3 heterocycles. The fourth-order valence-corrected chi connectivity index (χ4v) is 4.78. The third-order valence-electron chi connectivity index (χ3n) is 5.45. The van der Waals surface area contributed by atoms with Crippen LogP contribution >= 0.6 is 11.3 Å². The van der Waals surface area contributed by atoms with Crippen LogP contribution < -0.4 is 10.6 Å². The summed E-state index contributed by atoms with van der Waals surface area (Å²) in [7, 11) is 1.88. The van der Waals surface area contributed by atoms with Crippen LogP contribution in [-0.4, -0.2) is 67.6 Å². The Kier molecular flexibility index (Phi) is 5.06. The number of aliphatic imine (C=N–C) groups is 1. The molecule has 0 spiro atoms. The zero-order valence-electron chi connectivity index (χ0n) is 14.6. The molecule has 4 rings (SSSR count). The molecule has 0 bridgehead atoms. The van der Waals surface area contributed by atoms with Crippen molar-refractivity contribution in [1.29, 1.82) is 0 Å². The first-order chi connectivity index (χ1) is 11.8. The Bertz CT molecular complexity index is 580. The van der Waals surface area contributed by atoms with Crippen LogP contribution in [0.5, 0.6) is 0 Å². The van der Waals surface area contributed by atoms with Gasteiger partial charge >= 0.3 is 0 Å². The van der Waals surface area contributed by atoms with Crippen molar-refractivity contribution >= 4 is 17.3 Å². The van der Waals surface area contributed by atoms with Crippen LogP contribution in [0.4, 0.5) is 0 Å². The van der Waals surface area contributed by atoms with Crippen LogP contribution in [-0.2, 0) is 13.0 Å². The van der Waals surface area contributed by atoms with Gasteiger partial charge in [0, 0.05) is 63.3 Å². The first-order valence-corrected chi connectivity index (χ1v) is 10.2. The second kappa shape index (κ2) is 7.42. The van der Waals surface area contributed by atoms with Crippen LogP contribution in [0.3, 0.4) is 0 Å². The summed E-state index contributed by atoms with van der Waals surface area (Å²) in [5.74, 6) is 0.964. The molecule has 1 aliphatic carbocycles. The van der Waals surface area contributed by atoms with Gasteiger partial charge in [0.15, 0.2) is 5.96 Å². The van der Waals surface area contributed by atoms with Crippen molar-refractivity contribution in [3.05, 3.63) is 21.9 Å². The van der Waals surface area contributed by atoms with Crippen molar-refractivity contribution in [2.45, 2.75) is 44.3 Å². The number of likely N-dealkylation sites (tertiary alicyclic amines) is 1. The fourth-order valence-electron chi connectivity index (χ4n) is 3.89. The summed E-state index contributed by atoms with van der Waals surface area (Å²) in [5, 5.41) is 9.34. The third kappa shape index (κ3) is 3.92. The highest BCUT2D eigenvalue weighted by Crippen LogP contribution is 2.29. The summed E-state index contributed by atoms with van der Waals surface area (Å²) in [5.41, 5.74) is 1.53. The molecule has 1 aromatic heterocycles. The van der Waals surface area contributed by atoms with Gasteiger partial charge in [-0.15, -0.1) is 11.3 Å². The van der Waals surface area contributed by atoms with E-state index in [0.29, 0.717) is 6.04 Å². The van der Waals surface area contributed by atoms with E-state index in [9.17, 15) is 0 Å². The maximum Gasteiger partial charge on any atom is 0.191 e. The van der Waals surface area contributed by atoms with Crippen molar-refractivity contribution < 1.29 is 0 Å². The lowest BCUT2D eigenvalue weighted by atomic mass is 10.1. The van der Waals surface area contributed by atoms with E-state index in [4.69, 9.17) is 0 Å². The van der Waals surface area contributed by atoms with Crippen LogP contribution in [0.15, 0.2) is 16.4 Å². The van der Waals surface area contributed by atoms with Gasteiger partial charge in [-0.1, -0.05) is 0 Å². The Morgan fingerprint density at radius 1 is 1.33 bits per heavy atom. The molecule has 1 aromatic rings. The average Bonchev–Trinajstić information content (AvgIpc) is 3.17. The molecule has 0 radical (unpaired) electrons. The second-order valence-electron chi connectivity index (χ2n) is 7.25. The van der Waals surface area contributed by atoms with Crippen molar-refractivity contribution in [3.63, 3.8) is 0 Å². The maximum absolute atomic E-state index is 4.41. The largest absolute Gasteiger partial charge is 0.355 e. The number of nitrogens with one attached hydrogen (secondary N) is 2. The Hall–Kier alpha value is -1.11. The van der Waals surface area contributed by atoms with Crippen LogP contribution in [0.2, 0.25) is 0 Å². The normalized spacial score (nSPS) is 25.7. The molecule has 1 saturated carbocycles. The topological polar surface area (TPSA) is 42.9 Å². The lowest BCUT2D eigenvalue weighted by Gasteiger charge is -2.27. The zero-order chi connectivity index (χ0) is 16.4. The number of nitrogens with zero attached hydrogens (tertiary/aromatic N) is 3. The molecule has 0 amide bonds. The second-order valence-corrected chi connectivity index (χ2v) is 8.25. The first-order valence-electron chi connectivity index (χ1n) is 9.30. The van der Waals surface area contributed by atoms with E-state index in [-0.39, 0.29) is 0 Å². The minimum Gasteiger partial charge on any atom is -0.355 e. The molecule has 24 heavy (non-hydrogen) atoms. The standard InChI is InChI=1S/C18H29N5S/c1-19-18(21-15-4-9-23(13-15)16-2-3-16)20-7-10-22-8-5-17-14(12-22)6-11-24-17/h6,11,15-16H,2-5,7-10,12-13H2,1H3,(H2,19,20,21). The molecule has 6 heteroatoms. The Morgan fingerprint density at radius 3 is 3.08 bits per heavy atom. The van der Waals surface area contributed by atoms with Crippen LogP contribution in [0.25, 0.3) is 0 Å². The summed E-state index contributed by atoms with van der Waals surface area (Å²) >= 11 is 1.91. The van der Waals surface area contributed by atoms with E-state index in [1.165, 1.54) is 50.9 Å². The van der Waals surface area contributed by atoms with E-state index in [0.717, 1.165) is 31.6 Å². The van der Waals surface area contributed by atoms with E-state index in [1.54, 1.807) is 4.88 Å². The summed E-state index contributed by atoms with van der Waals surface area (Å²) in [6.45, 7) is 6.74. The number of thiophene rings is 1. The zero-order valence-corrected chi connectivity index (χ0v) is 15.4. The van der Waals surface area contributed by atoms with Gasteiger partial charge in [-0.05, 0) is 42.7 Å².